The Morgan fingerprint density at radius 2 is 1.96 bits per heavy atom. The van der Waals surface area contributed by atoms with Crippen molar-refractivity contribution >= 4 is 39.6 Å². The molecule has 0 saturated carbocycles. The molecule has 2 aromatic rings. The average Bonchev–Trinajstić information content (AvgIpc) is 2.83. The molecule has 1 unspecified atom stereocenters. The van der Waals surface area contributed by atoms with E-state index < -0.39 is 0 Å². The molecule has 0 bridgehead atoms. The fourth-order valence-corrected chi connectivity index (χ4v) is 5.04. The first-order valence-corrected chi connectivity index (χ1v) is 10.8. The normalized spacial score (nSPS) is 14.6. The van der Waals surface area contributed by atoms with Gasteiger partial charge >= 0.3 is 5.97 Å². The van der Waals surface area contributed by atoms with Crippen LogP contribution in [0.4, 0.5) is 5.00 Å². The fourth-order valence-electron chi connectivity index (χ4n) is 3.41. The van der Waals surface area contributed by atoms with E-state index in [0.717, 1.165) is 35.4 Å². The second-order valence-corrected chi connectivity index (χ2v) is 8.23. The van der Waals surface area contributed by atoms with Gasteiger partial charge in [-0.05, 0) is 62.9 Å². The highest BCUT2D eigenvalue weighted by Gasteiger charge is 2.26. The van der Waals surface area contributed by atoms with Gasteiger partial charge in [-0.2, -0.15) is 0 Å². The van der Waals surface area contributed by atoms with Crippen molar-refractivity contribution < 1.29 is 9.53 Å². The van der Waals surface area contributed by atoms with Crippen molar-refractivity contribution in [3.8, 4) is 0 Å². The zero-order chi connectivity index (χ0) is 19.2. The Balaban J connectivity index is 1.79. The van der Waals surface area contributed by atoms with Crippen molar-refractivity contribution in [1.29, 1.82) is 0 Å². The zero-order valence-corrected chi connectivity index (χ0v) is 17.5. The molecule has 3 rings (SSSR count). The van der Waals surface area contributed by atoms with Crippen molar-refractivity contribution in [3.63, 3.8) is 0 Å². The van der Waals surface area contributed by atoms with Gasteiger partial charge in [0.15, 0.2) is 5.11 Å². The summed E-state index contributed by atoms with van der Waals surface area (Å²) in [5.41, 5.74) is 2.99. The van der Waals surface area contributed by atoms with Crippen LogP contribution in [0.15, 0.2) is 30.3 Å². The number of carbonyl (C=O) groups excluding carboxylic acids is 1. The lowest BCUT2D eigenvalue weighted by molar-refractivity contribution is 0.0527. The number of rotatable bonds is 5. The summed E-state index contributed by atoms with van der Waals surface area (Å²) in [7, 11) is 0. The van der Waals surface area contributed by atoms with Crippen LogP contribution >= 0.6 is 23.6 Å². The van der Waals surface area contributed by atoms with Gasteiger partial charge in [0.2, 0.25) is 0 Å². The van der Waals surface area contributed by atoms with Crippen molar-refractivity contribution in [2.24, 2.45) is 0 Å². The molecule has 0 aliphatic heterocycles. The molecule has 1 aliphatic carbocycles. The fraction of sp³-hybridized carbons (Fsp3) is 0.429. The van der Waals surface area contributed by atoms with E-state index >= 15 is 0 Å². The van der Waals surface area contributed by atoms with Gasteiger partial charge in [0.1, 0.15) is 5.00 Å². The number of hydrogen-bond donors (Lipinski definition) is 2. The van der Waals surface area contributed by atoms with Gasteiger partial charge in [-0.25, -0.2) is 4.79 Å². The highest BCUT2D eigenvalue weighted by molar-refractivity contribution is 7.80. The molecule has 0 saturated heterocycles. The van der Waals surface area contributed by atoms with Crippen LogP contribution in [0.1, 0.15) is 65.5 Å². The number of nitrogens with one attached hydrogen (secondary N) is 2. The Morgan fingerprint density at radius 3 is 2.70 bits per heavy atom. The average molecular weight is 403 g/mol. The molecule has 1 aromatic carbocycles. The van der Waals surface area contributed by atoms with Gasteiger partial charge in [-0.3, -0.25) is 0 Å². The molecular formula is C21H26N2O2S2. The van der Waals surface area contributed by atoms with Crippen molar-refractivity contribution in [3.05, 3.63) is 51.9 Å². The summed E-state index contributed by atoms with van der Waals surface area (Å²) in [6.45, 7) is 4.28. The zero-order valence-electron chi connectivity index (χ0n) is 15.8. The number of thiocarbonyl (C=S) groups is 1. The molecule has 1 aliphatic rings. The molecule has 1 aromatic heterocycles. The summed E-state index contributed by atoms with van der Waals surface area (Å²) >= 11 is 7.16. The molecule has 0 spiro atoms. The van der Waals surface area contributed by atoms with Gasteiger partial charge in [0.05, 0.1) is 18.2 Å². The van der Waals surface area contributed by atoms with Gasteiger partial charge in [0, 0.05) is 4.88 Å². The number of aryl methyl sites for hydroxylation is 1. The van der Waals surface area contributed by atoms with E-state index in [0.29, 0.717) is 17.3 Å². The standard InChI is InChI=1S/C21H26N2O2S2/c1-3-25-20(24)18-16-12-8-5-9-13-17(16)27-19(18)23-21(26)22-14(2)15-10-6-4-7-11-15/h4,6-7,10-11,14H,3,5,8-9,12-13H2,1-2H3,(H2,22,23,26). The largest absolute Gasteiger partial charge is 0.462 e. The topological polar surface area (TPSA) is 50.4 Å². The Hall–Kier alpha value is -1.92. The predicted molar refractivity (Wildman–Crippen MR) is 116 cm³/mol. The van der Waals surface area contributed by atoms with Crippen molar-refractivity contribution in [2.75, 3.05) is 11.9 Å². The number of carbonyl (C=O) groups is 1. The molecule has 0 fully saturated rings. The van der Waals surface area contributed by atoms with Gasteiger partial charge in [0.25, 0.3) is 0 Å². The molecule has 1 heterocycles. The summed E-state index contributed by atoms with van der Waals surface area (Å²) < 4.78 is 5.33. The van der Waals surface area contributed by atoms with E-state index in [1.165, 1.54) is 17.7 Å². The third kappa shape index (κ3) is 4.87. The van der Waals surface area contributed by atoms with Crippen LogP contribution in [-0.4, -0.2) is 17.7 Å². The highest BCUT2D eigenvalue weighted by atomic mass is 32.1. The molecule has 27 heavy (non-hydrogen) atoms. The number of benzene rings is 1. The number of esters is 1. The lowest BCUT2D eigenvalue weighted by Gasteiger charge is -2.17. The second-order valence-electron chi connectivity index (χ2n) is 6.72. The van der Waals surface area contributed by atoms with Gasteiger partial charge < -0.3 is 15.4 Å². The quantitative estimate of drug-likeness (QED) is 0.407. The first kappa shape index (κ1) is 19.8. The molecule has 0 radical (unpaired) electrons. The molecular weight excluding hydrogens is 376 g/mol. The minimum Gasteiger partial charge on any atom is -0.462 e. The van der Waals surface area contributed by atoms with E-state index in [4.69, 9.17) is 17.0 Å². The number of thiophene rings is 1. The summed E-state index contributed by atoms with van der Waals surface area (Å²) in [4.78, 5) is 13.9. The smallest absolute Gasteiger partial charge is 0.341 e. The number of ether oxygens (including phenoxy) is 1. The summed E-state index contributed by atoms with van der Waals surface area (Å²) in [5, 5.41) is 7.90. The Morgan fingerprint density at radius 1 is 1.22 bits per heavy atom. The first-order chi connectivity index (χ1) is 13.1. The summed E-state index contributed by atoms with van der Waals surface area (Å²) in [5.74, 6) is -0.252. The molecule has 2 N–H and O–H groups in total. The lowest BCUT2D eigenvalue weighted by Crippen LogP contribution is -2.31. The Labute approximate surface area is 170 Å². The number of anilines is 1. The van der Waals surface area contributed by atoms with Crippen LogP contribution in [0.25, 0.3) is 0 Å². The molecule has 0 amide bonds. The molecule has 6 heteroatoms. The monoisotopic (exact) mass is 402 g/mol. The van der Waals surface area contributed by atoms with Crippen LogP contribution in [0.3, 0.4) is 0 Å². The van der Waals surface area contributed by atoms with Crippen LogP contribution in [0, 0.1) is 0 Å². The summed E-state index contributed by atoms with van der Waals surface area (Å²) in [6, 6.07) is 10.2. The van der Waals surface area contributed by atoms with Crippen molar-refractivity contribution in [1.82, 2.24) is 5.32 Å². The van der Waals surface area contributed by atoms with Gasteiger partial charge in [-0.15, -0.1) is 11.3 Å². The summed E-state index contributed by atoms with van der Waals surface area (Å²) in [6.07, 6.45) is 5.45. The minimum absolute atomic E-state index is 0.0787. The van der Waals surface area contributed by atoms with Crippen molar-refractivity contribution in [2.45, 2.75) is 52.0 Å². The minimum atomic E-state index is -0.252. The molecule has 4 nitrogen and oxygen atoms in total. The van der Waals surface area contributed by atoms with E-state index in [1.807, 2.05) is 25.1 Å². The molecule has 144 valence electrons. The number of fused-ring (bicyclic) bond motifs is 1. The maximum absolute atomic E-state index is 12.6. The SMILES string of the molecule is CCOC(=O)c1c(NC(=S)NC(C)c2ccccc2)sc2c1CCCCC2. The Bertz CT molecular complexity index is 802. The maximum Gasteiger partial charge on any atom is 0.341 e. The highest BCUT2D eigenvalue weighted by Crippen LogP contribution is 2.38. The van der Waals surface area contributed by atoms with Gasteiger partial charge in [-0.1, -0.05) is 36.8 Å². The van der Waals surface area contributed by atoms with E-state index in [2.05, 4.69) is 29.7 Å². The molecule has 1 atom stereocenters. The predicted octanol–water partition coefficient (Wildman–Crippen LogP) is 5.24. The van der Waals surface area contributed by atoms with E-state index in [1.54, 1.807) is 11.3 Å². The van der Waals surface area contributed by atoms with Crippen LogP contribution in [0.5, 0.6) is 0 Å². The maximum atomic E-state index is 12.6. The lowest BCUT2D eigenvalue weighted by atomic mass is 10.1. The van der Waals surface area contributed by atoms with Crippen LogP contribution in [-0.2, 0) is 17.6 Å². The van der Waals surface area contributed by atoms with Crippen LogP contribution < -0.4 is 10.6 Å². The Kier molecular flexibility index (Phi) is 6.85. The third-order valence-electron chi connectivity index (χ3n) is 4.78. The van der Waals surface area contributed by atoms with Crippen LogP contribution in [0.2, 0.25) is 0 Å². The first-order valence-electron chi connectivity index (χ1n) is 9.54. The van der Waals surface area contributed by atoms with E-state index in [9.17, 15) is 4.79 Å². The second kappa shape index (κ2) is 9.33. The van der Waals surface area contributed by atoms with E-state index in [-0.39, 0.29) is 12.0 Å². The number of hydrogen-bond acceptors (Lipinski definition) is 4. The third-order valence-corrected chi connectivity index (χ3v) is 6.20.